The number of nitrogens with zero attached hydrogens (tertiary/aromatic N) is 2. The average molecular weight is 1260 g/mol. The summed E-state index contributed by atoms with van der Waals surface area (Å²) in [5, 5.41) is 16.1. The van der Waals surface area contributed by atoms with Crippen molar-refractivity contribution in [3.05, 3.63) is 225 Å². The fourth-order valence-electron chi connectivity index (χ4n) is 10.0. The van der Waals surface area contributed by atoms with E-state index >= 15 is 0 Å². The first kappa shape index (κ1) is 71.8. The number of nitrogens with one attached hydrogen (secondary N) is 2. The number of fused-ring (bicyclic) bond motifs is 2. The Bertz CT molecular complexity index is 3360. The van der Waals surface area contributed by atoms with Crippen molar-refractivity contribution in [3.63, 3.8) is 0 Å². The largest absolute Gasteiger partial charge is 1.00 e. The summed E-state index contributed by atoms with van der Waals surface area (Å²) in [6, 6.07) is 45.3. The molecule has 0 spiro atoms. The van der Waals surface area contributed by atoms with Crippen molar-refractivity contribution in [2.45, 2.75) is 76.3 Å². The van der Waals surface area contributed by atoms with E-state index in [1.807, 2.05) is 127 Å². The summed E-state index contributed by atoms with van der Waals surface area (Å²) in [5.74, 6) is -5.01. The number of ether oxygens (including phenoxy) is 3. The zero-order chi connectivity index (χ0) is 61.9. The van der Waals surface area contributed by atoms with E-state index in [4.69, 9.17) is 37.4 Å². The molecule has 0 bridgehead atoms. The fourth-order valence-corrected chi connectivity index (χ4v) is 10.3. The number of esters is 1. The van der Waals surface area contributed by atoms with Gasteiger partial charge in [-0.05, 0) is 109 Å². The normalized spacial score (nSPS) is 18.9. The Morgan fingerprint density at radius 2 is 0.910 bits per heavy atom. The van der Waals surface area contributed by atoms with Crippen molar-refractivity contribution in [1.82, 2.24) is 20.4 Å². The van der Waals surface area contributed by atoms with E-state index < -0.39 is 47.7 Å². The van der Waals surface area contributed by atoms with Crippen molar-refractivity contribution in [3.8, 4) is 11.5 Å². The molecule has 2 aliphatic heterocycles. The number of amides is 4. The van der Waals surface area contributed by atoms with Gasteiger partial charge in [-0.1, -0.05) is 157 Å². The SMILES string of the molecule is COC(=O)[C@@H]1CCC(=O)N(CCc2ccccc2)C/C=C/COc2cc(Cl)ccc2C(=O)C[C@H](Cc2ccccc2)C(=O)N1.O=C1C[C@H](Cc2ccccc2)C(=O)N[C@H](C(=O)O)CCC(=O)N(CCc2ccccc2)C/C=C/COc2cc(Cl)ccc21.[Na+].[OH-]. The molecule has 462 valence electrons. The van der Waals surface area contributed by atoms with Gasteiger partial charge in [-0.2, -0.15) is 0 Å². The van der Waals surface area contributed by atoms with Gasteiger partial charge in [0.15, 0.2) is 11.6 Å². The quantitative estimate of drug-likeness (QED) is 0.0624. The van der Waals surface area contributed by atoms with Gasteiger partial charge >= 0.3 is 41.5 Å². The van der Waals surface area contributed by atoms with Crippen molar-refractivity contribution < 1.29 is 92.7 Å². The maximum atomic E-state index is 13.7. The second-order valence-corrected chi connectivity index (χ2v) is 22.0. The molecule has 17 nitrogen and oxygen atoms in total. The van der Waals surface area contributed by atoms with Crippen molar-refractivity contribution in [1.29, 1.82) is 0 Å². The number of rotatable bonds is 12. The van der Waals surface area contributed by atoms with E-state index in [2.05, 4.69) is 10.6 Å². The number of carboxylic acid groups (broad SMARTS) is 1. The Hall–Kier alpha value is -7.90. The predicted molar refractivity (Wildman–Crippen MR) is 335 cm³/mol. The number of Topliss-reactive ketones (excluding diaryl/α,β-unsaturated/α-hetero) is 2. The number of hydrogen-bond acceptors (Lipinski definition) is 12. The van der Waals surface area contributed by atoms with Crippen LogP contribution < -0.4 is 49.7 Å². The first-order valence-corrected chi connectivity index (χ1v) is 29.7. The summed E-state index contributed by atoms with van der Waals surface area (Å²) in [7, 11) is 1.24. The van der Waals surface area contributed by atoms with Gasteiger partial charge in [0, 0.05) is 73.7 Å². The molecule has 4 N–H and O–H groups in total. The Labute approximate surface area is 551 Å². The molecule has 0 saturated heterocycles. The number of carbonyl (C=O) groups is 8. The summed E-state index contributed by atoms with van der Waals surface area (Å²) in [6.07, 6.45) is 8.59. The Balaban J connectivity index is 0.000000317. The van der Waals surface area contributed by atoms with Crippen LogP contribution in [0.15, 0.2) is 182 Å². The maximum absolute atomic E-state index is 13.7. The fraction of sp³-hybridized carbons (Fsp3) is 0.304. The molecule has 6 aromatic carbocycles. The number of halogens is 2. The summed E-state index contributed by atoms with van der Waals surface area (Å²) >= 11 is 12.4. The number of carbonyl (C=O) groups excluding carboxylic acids is 7. The number of ketones is 2. The summed E-state index contributed by atoms with van der Waals surface area (Å²) < 4.78 is 16.8. The molecule has 20 heteroatoms. The van der Waals surface area contributed by atoms with Crippen LogP contribution in [-0.2, 0) is 59.2 Å². The van der Waals surface area contributed by atoms with Crippen LogP contribution in [0.1, 0.15) is 81.5 Å². The van der Waals surface area contributed by atoms with Crippen molar-refractivity contribution in [2.24, 2.45) is 11.8 Å². The third kappa shape index (κ3) is 23.5. The molecule has 0 aliphatic carbocycles. The average Bonchev–Trinajstić information content (AvgIpc) is 3.77. The molecule has 4 atom stereocenters. The van der Waals surface area contributed by atoms with Crippen LogP contribution >= 0.6 is 23.2 Å². The molecule has 0 saturated carbocycles. The monoisotopic (exact) mass is 1260 g/mol. The summed E-state index contributed by atoms with van der Waals surface area (Å²) in [5.41, 5.74) is 4.45. The van der Waals surface area contributed by atoms with Crippen LogP contribution in [0.2, 0.25) is 10.0 Å². The van der Waals surface area contributed by atoms with Gasteiger partial charge < -0.3 is 45.2 Å². The first-order chi connectivity index (χ1) is 42.1. The molecule has 0 radical (unpaired) electrons. The van der Waals surface area contributed by atoms with Gasteiger partial charge in [0.2, 0.25) is 23.6 Å². The summed E-state index contributed by atoms with van der Waals surface area (Å²) in [6.45, 7) is 1.81. The molecule has 0 aromatic heterocycles. The number of aliphatic carboxylic acids is 1. The van der Waals surface area contributed by atoms with Crippen LogP contribution in [0.25, 0.3) is 0 Å². The van der Waals surface area contributed by atoms with Crippen LogP contribution in [0.4, 0.5) is 0 Å². The van der Waals surface area contributed by atoms with Crippen molar-refractivity contribution >= 4 is 70.3 Å². The Morgan fingerprint density at radius 1 is 0.539 bits per heavy atom. The zero-order valence-electron chi connectivity index (χ0n) is 50.0. The number of benzene rings is 6. The Kier molecular flexibility index (Phi) is 30.5. The second-order valence-electron chi connectivity index (χ2n) is 21.1. The number of methoxy groups -OCH3 is 1. The molecule has 2 heterocycles. The van der Waals surface area contributed by atoms with Gasteiger partial charge in [0.1, 0.15) is 36.8 Å². The van der Waals surface area contributed by atoms with Crippen LogP contribution in [0.3, 0.4) is 0 Å². The maximum Gasteiger partial charge on any atom is 1.00 e. The molecule has 6 aromatic rings. The molecule has 4 amide bonds. The Morgan fingerprint density at radius 3 is 1.29 bits per heavy atom. The summed E-state index contributed by atoms with van der Waals surface area (Å²) in [4.78, 5) is 109. The van der Waals surface area contributed by atoms with E-state index in [9.17, 15) is 43.5 Å². The van der Waals surface area contributed by atoms with Crippen LogP contribution in [-0.4, -0.2) is 126 Å². The van der Waals surface area contributed by atoms with Crippen LogP contribution in [0, 0.1) is 11.8 Å². The minimum absolute atomic E-state index is 0. The van der Waals surface area contributed by atoms with Gasteiger partial charge in [-0.15, -0.1) is 0 Å². The number of hydrogen-bond donors (Lipinski definition) is 3. The van der Waals surface area contributed by atoms with Gasteiger partial charge in [0.05, 0.1) is 18.2 Å². The number of carboxylic acids is 1. The van der Waals surface area contributed by atoms with Crippen molar-refractivity contribution in [2.75, 3.05) is 46.5 Å². The second kappa shape index (κ2) is 37.8. The van der Waals surface area contributed by atoms with E-state index in [1.165, 1.54) is 7.11 Å². The van der Waals surface area contributed by atoms with Gasteiger partial charge in [-0.25, -0.2) is 9.59 Å². The van der Waals surface area contributed by atoms with E-state index in [-0.39, 0.29) is 134 Å². The molecule has 89 heavy (non-hydrogen) atoms. The minimum atomic E-state index is -1.29. The predicted octanol–water partition coefficient (Wildman–Crippen LogP) is 7.20. The van der Waals surface area contributed by atoms with Gasteiger partial charge in [-0.3, -0.25) is 28.8 Å². The minimum Gasteiger partial charge on any atom is -0.870 e. The smallest absolute Gasteiger partial charge is 0.870 e. The third-order valence-electron chi connectivity index (χ3n) is 14.8. The third-order valence-corrected chi connectivity index (χ3v) is 15.3. The molecule has 2 aliphatic rings. The molecule has 0 unspecified atom stereocenters. The molecule has 8 rings (SSSR count). The molecular formula is C69H73Cl2N4NaO13. The van der Waals surface area contributed by atoms with E-state index in [0.717, 1.165) is 22.3 Å². The van der Waals surface area contributed by atoms with Crippen LogP contribution in [0.5, 0.6) is 11.5 Å². The van der Waals surface area contributed by atoms with Gasteiger partial charge in [0.25, 0.3) is 0 Å². The van der Waals surface area contributed by atoms with E-state index in [1.54, 1.807) is 64.4 Å². The standard InChI is InChI=1S/C35H37ClN2O6.C34H35ClN2O6.Na.H2O/c1-43-35(42)30-16-17-33(40)38(20-18-25-10-4-2-5-11-25)19-8-9-21-44-32-24-28(36)14-15-29(32)31(39)23-27(34(41)37-30)22-26-12-6-3-7-13-26;35-27-13-14-28-30(38)22-26(21-25-11-5-2-6-12-25)33(40)36-29(34(41)42)15-16-32(39)37(18-7-8-20-43-31(28)23-27)19-17-24-9-3-1-4-10-24;;/h2-15,24,27,30H,16-23H2,1H3,(H,37,41);1-14,23,26,29H,15-22H2,(H,36,40)(H,41,42);;1H2/q;;+1;/p-1/b9-8+;8-7+;;/t27-,30-;26-,29-;;/m00../s1. The topological polar surface area (TPSA) is 245 Å². The van der Waals surface area contributed by atoms with E-state index in [0.29, 0.717) is 60.4 Å². The first-order valence-electron chi connectivity index (χ1n) is 29.0. The zero-order valence-corrected chi connectivity index (χ0v) is 53.5. The molecule has 0 fully saturated rings. The molecular weight excluding hydrogens is 1190 g/mol.